The van der Waals surface area contributed by atoms with Crippen LogP contribution in [0.1, 0.15) is 66.0 Å². The summed E-state index contributed by atoms with van der Waals surface area (Å²) >= 11 is 0. The second kappa shape index (κ2) is 10.8. The van der Waals surface area contributed by atoms with Gasteiger partial charge in [-0.3, -0.25) is 0 Å². The van der Waals surface area contributed by atoms with Crippen molar-refractivity contribution in [1.29, 1.82) is 0 Å². The number of allylic oxidation sites excluding steroid dienone is 4. The Morgan fingerprint density at radius 1 is 0.611 bits per heavy atom. The maximum Gasteiger partial charge on any atom is 0.0387 e. The zero-order chi connectivity index (χ0) is 26.1. The lowest BCUT2D eigenvalue weighted by atomic mass is 9.89. The molecule has 2 heteroatoms. The van der Waals surface area contributed by atoms with Gasteiger partial charge in [-0.05, 0) is 76.9 Å². The van der Waals surface area contributed by atoms with Gasteiger partial charge >= 0.3 is 0 Å². The van der Waals surface area contributed by atoms with Crippen LogP contribution in [0.25, 0.3) is 16.7 Å². The van der Waals surface area contributed by atoms with Crippen LogP contribution in [-0.2, 0) is 0 Å². The van der Waals surface area contributed by atoms with Gasteiger partial charge in [0.15, 0.2) is 0 Å². The first-order chi connectivity index (χ1) is 17.0. The molecule has 36 heavy (non-hydrogen) atoms. The molecule has 0 aliphatic heterocycles. The molecule has 4 rings (SSSR count). The van der Waals surface area contributed by atoms with Crippen molar-refractivity contribution in [3.63, 3.8) is 0 Å². The Hall–Kier alpha value is -2.00. The van der Waals surface area contributed by atoms with E-state index in [0.717, 1.165) is 6.42 Å². The Labute approximate surface area is 222 Å². The predicted octanol–water partition coefficient (Wildman–Crippen LogP) is 10.7. The van der Waals surface area contributed by atoms with Gasteiger partial charge in [-0.1, -0.05) is 140 Å². The molecule has 0 spiro atoms. The lowest BCUT2D eigenvalue weighted by Crippen LogP contribution is -2.26. The normalized spacial score (nSPS) is 16.8. The molecular weight excluding hydrogens is 470 g/mol. The zero-order valence-corrected chi connectivity index (χ0v) is 25.1. The first kappa shape index (κ1) is 27.0. The van der Waals surface area contributed by atoms with E-state index in [1.807, 2.05) is 0 Å². The molecule has 0 bridgehead atoms. The van der Waals surface area contributed by atoms with Crippen LogP contribution in [-0.4, -0.2) is 10.3 Å². The summed E-state index contributed by atoms with van der Waals surface area (Å²) in [5.41, 5.74) is 9.97. The summed E-state index contributed by atoms with van der Waals surface area (Å²) in [6, 6.07) is 29.3. The largest absolute Gasteiger partial charge is 0.0830 e. The quantitative estimate of drug-likeness (QED) is 0.299. The van der Waals surface area contributed by atoms with Crippen molar-refractivity contribution in [2.24, 2.45) is 0 Å². The standard InChI is InChI=1S/C34H41P2/c1-25-15-12-13-19-30(25)32-26(2)16-14-20-31(32)36(34(6,7)8)35(33(3,4)5)29-23-21-28(22-24-29)27-17-10-9-11-18-27/h9-19,21-24H,20H2,1-8H3/t35-,36+/m1/s1. The molecule has 0 saturated heterocycles. The molecule has 0 fully saturated rings. The average Bonchev–Trinajstić information content (AvgIpc) is 2.82. The lowest BCUT2D eigenvalue weighted by Gasteiger charge is -2.49. The Kier molecular flexibility index (Phi) is 8.10. The van der Waals surface area contributed by atoms with Gasteiger partial charge in [0, 0.05) is 5.66 Å². The number of aryl methyl sites for hydroxylation is 1. The van der Waals surface area contributed by atoms with Gasteiger partial charge in [-0.25, -0.2) is 0 Å². The van der Waals surface area contributed by atoms with E-state index in [-0.39, 0.29) is 10.3 Å². The molecule has 0 amide bonds. The van der Waals surface area contributed by atoms with Crippen molar-refractivity contribution >= 4 is 26.1 Å². The SMILES string of the molecule is CC1=C(c2ccccc2C)[C]([P@]([P@](c2ccc(-c3ccccc3)cc2)C(C)(C)C)C(C)(C)C)CC=C1. The van der Waals surface area contributed by atoms with E-state index < -0.39 is 15.2 Å². The Balaban J connectivity index is 1.84. The van der Waals surface area contributed by atoms with E-state index in [1.54, 1.807) is 5.66 Å². The Morgan fingerprint density at radius 2 is 1.17 bits per heavy atom. The van der Waals surface area contributed by atoms with Crippen molar-refractivity contribution in [3.05, 3.63) is 113 Å². The predicted molar refractivity (Wildman–Crippen MR) is 166 cm³/mol. The minimum Gasteiger partial charge on any atom is -0.0830 e. The maximum absolute atomic E-state index is 2.48. The minimum absolute atomic E-state index is 0.196. The molecule has 0 nitrogen and oxygen atoms in total. The van der Waals surface area contributed by atoms with Crippen LogP contribution in [0.15, 0.2) is 96.6 Å². The summed E-state index contributed by atoms with van der Waals surface area (Å²) in [4.78, 5) is 0. The molecule has 0 unspecified atom stereocenters. The van der Waals surface area contributed by atoms with Crippen molar-refractivity contribution in [2.75, 3.05) is 0 Å². The summed E-state index contributed by atoms with van der Waals surface area (Å²) in [7, 11) is -0.880. The minimum atomic E-state index is -0.441. The molecular formula is C34H41P2. The number of hydrogen-bond acceptors (Lipinski definition) is 0. The third kappa shape index (κ3) is 5.77. The molecule has 187 valence electrons. The highest BCUT2D eigenvalue weighted by molar-refractivity contribution is 8.35. The van der Waals surface area contributed by atoms with Crippen LogP contribution >= 0.6 is 15.2 Å². The molecule has 1 aliphatic rings. The summed E-state index contributed by atoms with van der Waals surface area (Å²) in [6.07, 6.45) is 5.80. The van der Waals surface area contributed by atoms with E-state index in [1.165, 1.54) is 38.7 Å². The molecule has 3 aromatic carbocycles. The van der Waals surface area contributed by atoms with Gasteiger partial charge in [0.05, 0.1) is 0 Å². The third-order valence-corrected chi connectivity index (χ3v) is 17.6. The van der Waals surface area contributed by atoms with E-state index >= 15 is 0 Å². The van der Waals surface area contributed by atoms with Crippen molar-refractivity contribution < 1.29 is 0 Å². The molecule has 3 aromatic rings. The average molecular weight is 512 g/mol. The topological polar surface area (TPSA) is 0 Å². The first-order valence-corrected chi connectivity index (χ1v) is 16.4. The van der Waals surface area contributed by atoms with Crippen LogP contribution in [0.3, 0.4) is 0 Å². The van der Waals surface area contributed by atoms with Crippen molar-refractivity contribution in [1.82, 2.24) is 0 Å². The number of benzene rings is 3. The summed E-state index contributed by atoms with van der Waals surface area (Å²) in [5, 5.41) is 1.92. The van der Waals surface area contributed by atoms with Crippen molar-refractivity contribution in [2.45, 2.75) is 72.1 Å². The molecule has 0 N–H and O–H groups in total. The lowest BCUT2D eigenvalue weighted by molar-refractivity contribution is 0.776. The van der Waals surface area contributed by atoms with E-state index in [9.17, 15) is 0 Å². The smallest absolute Gasteiger partial charge is 0.0387 e. The van der Waals surface area contributed by atoms with Gasteiger partial charge in [0.1, 0.15) is 0 Å². The first-order valence-electron chi connectivity index (χ1n) is 13.0. The molecule has 1 radical (unpaired) electrons. The van der Waals surface area contributed by atoms with Crippen LogP contribution in [0.4, 0.5) is 0 Å². The van der Waals surface area contributed by atoms with Crippen LogP contribution in [0.5, 0.6) is 0 Å². The fraction of sp³-hybridized carbons (Fsp3) is 0.324. The van der Waals surface area contributed by atoms with Crippen LogP contribution in [0.2, 0.25) is 0 Å². The molecule has 0 heterocycles. The zero-order valence-electron chi connectivity index (χ0n) is 23.3. The van der Waals surface area contributed by atoms with Gasteiger partial charge in [0.25, 0.3) is 0 Å². The molecule has 2 atom stereocenters. The fourth-order valence-electron chi connectivity index (χ4n) is 5.23. The van der Waals surface area contributed by atoms with E-state index in [2.05, 4.69) is 146 Å². The van der Waals surface area contributed by atoms with Crippen molar-refractivity contribution in [3.8, 4) is 11.1 Å². The highest BCUT2D eigenvalue weighted by atomic mass is 32.1. The van der Waals surface area contributed by atoms with Gasteiger partial charge < -0.3 is 0 Å². The highest BCUT2D eigenvalue weighted by Gasteiger charge is 2.45. The number of hydrogen-bond donors (Lipinski definition) is 0. The fourth-order valence-corrected chi connectivity index (χ4v) is 15.7. The maximum atomic E-state index is 2.48. The Bertz CT molecular complexity index is 1230. The summed E-state index contributed by atoms with van der Waals surface area (Å²) in [6.45, 7) is 19.4. The molecule has 1 aliphatic carbocycles. The van der Waals surface area contributed by atoms with Crippen LogP contribution < -0.4 is 5.30 Å². The third-order valence-electron chi connectivity index (χ3n) is 6.72. The molecule has 0 aromatic heterocycles. The van der Waals surface area contributed by atoms with Crippen LogP contribution in [0, 0.1) is 12.6 Å². The monoisotopic (exact) mass is 511 g/mol. The van der Waals surface area contributed by atoms with Gasteiger partial charge in [-0.15, -0.1) is 0 Å². The highest BCUT2D eigenvalue weighted by Crippen LogP contribution is 2.85. The van der Waals surface area contributed by atoms with E-state index in [0.29, 0.717) is 0 Å². The second-order valence-corrected chi connectivity index (χ2v) is 19.2. The summed E-state index contributed by atoms with van der Waals surface area (Å²) < 4.78 is 0. The second-order valence-electron chi connectivity index (χ2n) is 11.8. The number of rotatable bonds is 5. The van der Waals surface area contributed by atoms with E-state index in [4.69, 9.17) is 0 Å². The molecule has 0 saturated carbocycles. The summed E-state index contributed by atoms with van der Waals surface area (Å²) in [5.74, 6) is 0. The Morgan fingerprint density at radius 3 is 1.75 bits per heavy atom. The van der Waals surface area contributed by atoms with Gasteiger partial charge in [-0.2, -0.15) is 0 Å². The van der Waals surface area contributed by atoms with Gasteiger partial charge in [0.2, 0.25) is 0 Å².